The predicted octanol–water partition coefficient (Wildman–Crippen LogP) is 0.699. The number of ether oxygens (including phenoxy) is 1. The summed E-state index contributed by atoms with van der Waals surface area (Å²) in [7, 11) is 0. The van der Waals surface area contributed by atoms with Gasteiger partial charge in [0.2, 0.25) is 5.91 Å². The molecule has 2 atom stereocenters. The van der Waals surface area contributed by atoms with Gasteiger partial charge in [0.25, 0.3) is 0 Å². The van der Waals surface area contributed by atoms with Crippen molar-refractivity contribution < 1.29 is 9.53 Å². The van der Waals surface area contributed by atoms with Crippen molar-refractivity contribution in [2.75, 3.05) is 52.4 Å². The van der Waals surface area contributed by atoms with Gasteiger partial charge in [0.15, 0.2) is 0 Å². The largest absolute Gasteiger partial charge is 0.377 e. The van der Waals surface area contributed by atoms with Crippen LogP contribution in [0.3, 0.4) is 0 Å². The number of hydrogen-bond acceptors (Lipinski definition) is 4. The molecule has 120 valence electrons. The molecule has 0 aromatic heterocycles. The minimum atomic E-state index is 0.364. The summed E-state index contributed by atoms with van der Waals surface area (Å²) in [5, 5.41) is 3.35. The molecule has 0 aliphatic carbocycles. The van der Waals surface area contributed by atoms with E-state index in [1.165, 1.54) is 12.8 Å². The number of hydrogen-bond donors (Lipinski definition) is 1. The molecule has 21 heavy (non-hydrogen) atoms. The maximum atomic E-state index is 12.4. The van der Waals surface area contributed by atoms with E-state index in [1.54, 1.807) is 0 Å². The van der Waals surface area contributed by atoms with Gasteiger partial charge in [0.05, 0.1) is 6.10 Å². The highest BCUT2D eigenvalue weighted by Gasteiger charge is 2.25. The monoisotopic (exact) mass is 295 g/mol. The Morgan fingerprint density at radius 3 is 2.86 bits per heavy atom. The third-order valence-corrected chi connectivity index (χ3v) is 5.05. The Morgan fingerprint density at radius 1 is 1.14 bits per heavy atom. The second kappa shape index (κ2) is 7.56. The van der Waals surface area contributed by atoms with Crippen LogP contribution in [0.5, 0.6) is 0 Å². The molecule has 5 nitrogen and oxygen atoms in total. The molecule has 3 rings (SSSR count). The zero-order valence-corrected chi connectivity index (χ0v) is 13.1. The van der Waals surface area contributed by atoms with Crippen LogP contribution in [-0.4, -0.2) is 74.2 Å². The number of rotatable bonds is 4. The minimum Gasteiger partial charge on any atom is -0.377 e. The fraction of sp³-hybridized carbons (Fsp3) is 0.938. The maximum Gasteiger partial charge on any atom is 0.222 e. The van der Waals surface area contributed by atoms with Crippen LogP contribution >= 0.6 is 0 Å². The van der Waals surface area contributed by atoms with Crippen LogP contribution in [0.2, 0.25) is 0 Å². The third kappa shape index (κ3) is 4.41. The van der Waals surface area contributed by atoms with Gasteiger partial charge in [-0.2, -0.15) is 0 Å². The SMILES string of the molecule is O=C(CC1CCNC1)N1CCCN(CC2CCCO2)CC1. The Labute approximate surface area is 128 Å². The van der Waals surface area contributed by atoms with Gasteiger partial charge >= 0.3 is 0 Å². The van der Waals surface area contributed by atoms with E-state index < -0.39 is 0 Å². The molecular weight excluding hydrogens is 266 g/mol. The summed E-state index contributed by atoms with van der Waals surface area (Å²) < 4.78 is 5.73. The lowest BCUT2D eigenvalue weighted by Crippen LogP contribution is -2.38. The second-order valence-electron chi connectivity index (χ2n) is 6.73. The molecule has 3 aliphatic rings. The smallest absolute Gasteiger partial charge is 0.222 e. The molecule has 0 spiro atoms. The number of carbonyl (C=O) groups excluding carboxylic acids is 1. The zero-order valence-electron chi connectivity index (χ0n) is 13.1. The van der Waals surface area contributed by atoms with Gasteiger partial charge in [0, 0.05) is 39.2 Å². The normalized spacial score (nSPS) is 31.5. The van der Waals surface area contributed by atoms with Crippen molar-refractivity contribution in [1.82, 2.24) is 15.1 Å². The molecule has 1 amide bonds. The summed E-state index contributed by atoms with van der Waals surface area (Å²) in [6.07, 6.45) is 5.83. The van der Waals surface area contributed by atoms with Crippen molar-refractivity contribution in [2.24, 2.45) is 5.92 Å². The highest BCUT2D eigenvalue weighted by molar-refractivity contribution is 5.76. The molecule has 0 radical (unpaired) electrons. The molecule has 5 heteroatoms. The van der Waals surface area contributed by atoms with Crippen molar-refractivity contribution in [1.29, 1.82) is 0 Å². The summed E-state index contributed by atoms with van der Waals surface area (Å²) in [5.74, 6) is 0.923. The van der Waals surface area contributed by atoms with Crippen LogP contribution in [0.25, 0.3) is 0 Å². The van der Waals surface area contributed by atoms with Crippen LogP contribution in [0.1, 0.15) is 32.1 Å². The molecule has 0 saturated carbocycles. The quantitative estimate of drug-likeness (QED) is 0.829. The number of nitrogens with one attached hydrogen (secondary N) is 1. The topological polar surface area (TPSA) is 44.8 Å². The average Bonchev–Trinajstić information content (AvgIpc) is 3.11. The molecule has 3 heterocycles. The molecular formula is C16H29N3O2. The number of carbonyl (C=O) groups is 1. The van der Waals surface area contributed by atoms with Gasteiger partial charge < -0.3 is 15.0 Å². The van der Waals surface area contributed by atoms with Gasteiger partial charge in [-0.25, -0.2) is 0 Å². The Bertz CT molecular complexity index is 338. The predicted molar refractivity (Wildman–Crippen MR) is 82.2 cm³/mol. The highest BCUT2D eigenvalue weighted by Crippen LogP contribution is 2.17. The fourth-order valence-electron chi connectivity index (χ4n) is 3.74. The van der Waals surface area contributed by atoms with Gasteiger partial charge in [0.1, 0.15) is 0 Å². The lowest BCUT2D eigenvalue weighted by Gasteiger charge is -2.24. The van der Waals surface area contributed by atoms with Crippen LogP contribution in [0, 0.1) is 5.92 Å². The Morgan fingerprint density at radius 2 is 2.10 bits per heavy atom. The van der Waals surface area contributed by atoms with E-state index in [0.717, 1.165) is 71.7 Å². The molecule has 0 bridgehead atoms. The Hall–Kier alpha value is -0.650. The first-order chi connectivity index (χ1) is 10.3. The summed E-state index contributed by atoms with van der Waals surface area (Å²) in [6.45, 7) is 8.01. The van der Waals surface area contributed by atoms with E-state index in [2.05, 4.69) is 15.1 Å². The van der Waals surface area contributed by atoms with E-state index >= 15 is 0 Å². The van der Waals surface area contributed by atoms with E-state index in [1.807, 2.05) is 0 Å². The molecule has 0 aromatic carbocycles. The van der Waals surface area contributed by atoms with E-state index in [0.29, 0.717) is 17.9 Å². The number of nitrogens with zero attached hydrogens (tertiary/aromatic N) is 2. The van der Waals surface area contributed by atoms with Crippen molar-refractivity contribution in [3.63, 3.8) is 0 Å². The first kappa shape index (κ1) is 15.3. The van der Waals surface area contributed by atoms with Gasteiger partial charge in [-0.3, -0.25) is 9.69 Å². The Kier molecular flexibility index (Phi) is 5.49. The van der Waals surface area contributed by atoms with Crippen molar-refractivity contribution >= 4 is 5.91 Å². The van der Waals surface area contributed by atoms with E-state index in [-0.39, 0.29) is 0 Å². The average molecular weight is 295 g/mol. The first-order valence-corrected chi connectivity index (χ1v) is 8.64. The molecule has 1 N–H and O–H groups in total. The van der Waals surface area contributed by atoms with Crippen LogP contribution in [0.4, 0.5) is 0 Å². The van der Waals surface area contributed by atoms with Gasteiger partial charge in [-0.1, -0.05) is 0 Å². The molecule has 3 fully saturated rings. The van der Waals surface area contributed by atoms with Gasteiger partial charge in [-0.05, 0) is 51.2 Å². The zero-order chi connectivity index (χ0) is 14.5. The van der Waals surface area contributed by atoms with Gasteiger partial charge in [-0.15, -0.1) is 0 Å². The van der Waals surface area contributed by atoms with Crippen molar-refractivity contribution in [3.8, 4) is 0 Å². The summed E-state index contributed by atoms with van der Waals surface area (Å²) in [6, 6.07) is 0. The lowest BCUT2D eigenvalue weighted by molar-refractivity contribution is -0.131. The fourth-order valence-corrected chi connectivity index (χ4v) is 3.74. The third-order valence-electron chi connectivity index (χ3n) is 5.05. The number of amides is 1. The van der Waals surface area contributed by atoms with E-state index in [4.69, 9.17) is 4.74 Å². The molecule has 0 aromatic rings. The molecule has 3 saturated heterocycles. The van der Waals surface area contributed by atoms with Crippen molar-refractivity contribution in [2.45, 2.75) is 38.2 Å². The second-order valence-corrected chi connectivity index (χ2v) is 6.73. The Balaban J connectivity index is 1.42. The molecule has 3 aliphatic heterocycles. The van der Waals surface area contributed by atoms with E-state index in [9.17, 15) is 4.79 Å². The summed E-state index contributed by atoms with van der Waals surface area (Å²) >= 11 is 0. The van der Waals surface area contributed by atoms with Crippen LogP contribution in [-0.2, 0) is 9.53 Å². The minimum absolute atomic E-state index is 0.364. The molecule has 2 unspecified atom stereocenters. The van der Waals surface area contributed by atoms with Crippen molar-refractivity contribution in [3.05, 3.63) is 0 Å². The summed E-state index contributed by atoms with van der Waals surface area (Å²) in [5.41, 5.74) is 0. The summed E-state index contributed by atoms with van der Waals surface area (Å²) in [4.78, 5) is 17.0. The van der Waals surface area contributed by atoms with Crippen LogP contribution < -0.4 is 5.32 Å². The maximum absolute atomic E-state index is 12.4. The first-order valence-electron chi connectivity index (χ1n) is 8.64. The lowest BCUT2D eigenvalue weighted by atomic mass is 10.0. The van der Waals surface area contributed by atoms with Crippen LogP contribution in [0.15, 0.2) is 0 Å². The highest BCUT2D eigenvalue weighted by atomic mass is 16.5. The standard InChI is InChI=1S/C16H29N3O2/c20-16(11-14-4-5-17-12-14)19-7-2-6-18(8-9-19)13-15-3-1-10-21-15/h14-15,17H,1-13H2.